The fraction of sp³-hybridized carbons (Fsp3) is 0.182. The first-order valence-electron chi connectivity index (χ1n) is 9.52. The van der Waals surface area contributed by atoms with Crippen molar-refractivity contribution in [2.75, 3.05) is 6.54 Å². The van der Waals surface area contributed by atoms with Gasteiger partial charge in [-0.15, -0.1) is 0 Å². The Hall–Kier alpha value is -3.16. The quantitative estimate of drug-likeness (QED) is 0.385. The maximum absolute atomic E-state index is 12.9. The van der Waals surface area contributed by atoms with Crippen molar-refractivity contribution in [3.8, 4) is 11.6 Å². The van der Waals surface area contributed by atoms with Gasteiger partial charge in [0.2, 0.25) is 5.88 Å². The van der Waals surface area contributed by atoms with E-state index < -0.39 is 6.04 Å². The molecule has 1 atom stereocenters. The molecule has 2 aromatic carbocycles. The van der Waals surface area contributed by atoms with E-state index in [4.69, 9.17) is 12.2 Å². The highest BCUT2D eigenvalue weighted by molar-refractivity contribution is 7.71. The Morgan fingerprint density at radius 2 is 1.97 bits per heavy atom. The van der Waals surface area contributed by atoms with E-state index in [1.165, 1.54) is 10.1 Å². The number of H-pyrrole nitrogens is 2. The first-order valence-corrected chi connectivity index (χ1v) is 9.93. The number of nitrogens with zero attached hydrogens (tertiary/aromatic N) is 1. The molecule has 0 saturated heterocycles. The van der Waals surface area contributed by atoms with Crippen LogP contribution in [0.4, 0.5) is 0 Å². The summed E-state index contributed by atoms with van der Waals surface area (Å²) in [5, 5.41) is 15.7. The number of nitrogens with one attached hydrogen (secondary N) is 3. The highest BCUT2D eigenvalue weighted by Crippen LogP contribution is 2.35. The summed E-state index contributed by atoms with van der Waals surface area (Å²) in [6, 6.07) is 15.3. The minimum atomic E-state index is -0.457. The van der Waals surface area contributed by atoms with Crippen molar-refractivity contribution in [3.05, 3.63) is 86.0 Å². The summed E-state index contributed by atoms with van der Waals surface area (Å²) in [5.41, 5.74) is 4.71. The van der Waals surface area contributed by atoms with Crippen LogP contribution >= 0.6 is 12.2 Å². The molecule has 4 aromatic rings. The van der Waals surface area contributed by atoms with Crippen molar-refractivity contribution in [2.45, 2.75) is 19.4 Å². The summed E-state index contributed by atoms with van der Waals surface area (Å²) in [7, 11) is 0. The standard InChI is InChI=1S/C22H20N4O2S/c1-12-5-4-6-13(11-12)26-21(28)17(20(27)25-22(26)29)19-18-15(9-10-23-19)14-7-2-3-8-16(14)24-18/h2-8,11,19,23-24,28H,9-10H2,1H3,(H,25,27,29). The second-order valence-corrected chi connectivity index (χ2v) is 7.76. The van der Waals surface area contributed by atoms with Crippen LogP contribution < -0.4 is 10.9 Å². The minimum absolute atomic E-state index is 0.145. The molecule has 0 amide bonds. The molecule has 6 nitrogen and oxygen atoms in total. The zero-order valence-corrected chi connectivity index (χ0v) is 16.6. The molecule has 0 aliphatic carbocycles. The van der Waals surface area contributed by atoms with Crippen LogP contribution in [0.25, 0.3) is 16.6 Å². The molecule has 29 heavy (non-hydrogen) atoms. The predicted octanol–water partition coefficient (Wildman–Crippen LogP) is 3.63. The number of rotatable bonds is 2. The zero-order chi connectivity index (χ0) is 20.1. The molecule has 1 aliphatic heterocycles. The Kier molecular flexibility index (Phi) is 4.15. The molecule has 3 heterocycles. The molecule has 0 bridgehead atoms. The van der Waals surface area contributed by atoms with Crippen molar-refractivity contribution in [1.29, 1.82) is 0 Å². The van der Waals surface area contributed by atoms with Gasteiger partial charge in [-0.05, 0) is 54.9 Å². The SMILES string of the molecule is Cc1cccc(-n2c(O)c(C3NCCc4c3[nH]c3ccccc43)c(=O)[nH]c2=S)c1. The van der Waals surface area contributed by atoms with Crippen LogP contribution in [0.5, 0.6) is 5.88 Å². The van der Waals surface area contributed by atoms with Crippen LogP contribution in [0.1, 0.15) is 28.4 Å². The van der Waals surface area contributed by atoms with E-state index in [1.807, 2.05) is 49.4 Å². The molecular weight excluding hydrogens is 384 g/mol. The molecule has 5 rings (SSSR count). The molecule has 0 fully saturated rings. The number of hydrogen-bond acceptors (Lipinski definition) is 4. The lowest BCUT2D eigenvalue weighted by atomic mass is 9.95. The van der Waals surface area contributed by atoms with Crippen molar-refractivity contribution in [2.24, 2.45) is 0 Å². The highest BCUT2D eigenvalue weighted by atomic mass is 32.1. The van der Waals surface area contributed by atoms with Crippen molar-refractivity contribution in [1.82, 2.24) is 19.9 Å². The van der Waals surface area contributed by atoms with E-state index in [0.29, 0.717) is 12.2 Å². The van der Waals surface area contributed by atoms with Gasteiger partial charge in [0.05, 0.1) is 11.7 Å². The lowest BCUT2D eigenvalue weighted by Gasteiger charge is -2.25. The number of fused-ring (bicyclic) bond motifs is 3. The molecule has 0 spiro atoms. The van der Waals surface area contributed by atoms with Gasteiger partial charge in [-0.25, -0.2) is 0 Å². The number of aryl methyl sites for hydroxylation is 1. The van der Waals surface area contributed by atoms with Gasteiger partial charge in [-0.1, -0.05) is 30.3 Å². The minimum Gasteiger partial charge on any atom is -0.494 e. The maximum atomic E-state index is 12.9. The number of aromatic hydroxyl groups is 1. The number of para-hydroxylation sites is 1. The van der Waals surface area contributed by atoms with E-state index >= 15 is 0 Å². The molecule has 0 radical (unpaired) electrons. The molecule has 4 N–H and O–H groups in total. The Bertz CT molecular complexity index is 1370. The van der Waals surface area contributed by atoms with Crippen molar-refractivity contribution < 1.29 is 5.11 Å². The molecule has 146 valence electrons. The predicted molar refractivity (Wildman–Crippen MR) is 115 cm³/mol. The average Bonchev–Trinajstić information content (AvgIpc) is 3.07. The van der Waals surface area contributed by atoms with Crippen molar-refractivity contribution in [3.63, 3.8) is 0 Å². The number of hydrogen-bond donors (Lipinski definition) is 4. The van der Waals surface area contributed by atoms with Crippen LogP contribution in [0.2, 0.25) is 0 Å². The fourth-order valence-corrected chi connectivity index (χ4v) is 4.52. The monoisotopic (exact) mass is 404 g/mol. The van der Waals surface area contributed by atoms with Gasteiger partial charge in [-0.2, -0.15) is 0 Å². The van der Waals surface area contributed by atoms with Crippen molar-refractivity contribution >= 4 is 23.1 Å². The van der Waals surface area contributed by atoms with Crippen LogP contribution in [0.3, 0.4) is 0 Å². The molecular formula is C22H20N4O2S. The fourth-order valence-electron chi connectivity index (χ4n) is 4.23. The summed E-state index contributed by atoms with van der Waals surface area (Å²) in [5.74, 6) is -0.145. The second kappa shape index (κ2) is 6.72. The second-order valence-electron chi connectivity index (χ2n) is 7.37. The third kappa shape index (κ3) is 2.82. The van der Waals surface area contributed by atoms with E-state index in [9.17, 15) is 9.90 Å². The smallest absolute Gasteiger partial charge is 0.260 e. The summed E-state index contributed by atoms with van der Waals surface area (Å²) >= 11 is 5.36. The Morgan fingerprint density at radius 1 is 1.14 bits per heavy atom. The lowest BCUT2D eigenvalue weighted by molar-refractivity contribution is 0.412. The van der Waals surface area contributed by atoms with Gasteiger partial charge in [0.25, 0.3) is 5.56 Å². The van der Waals surface area contributed by atoms with Crippen LogP contribution in [0, 0.1) is 11.7 Å². The first-order chi connectivity index (χ1) is 14.0. The largest absolute Gasteiger partial charge is 0.494 e. The van der Waals surface area contributed by atoms with E-state index in [2.05, 4.69) is 21.4 Å². The topological polar surface area (TPSA) is 85.8 Å². The number of benzene rings is 2. The molecule has 2 aromatic heterocycles. The molecule has 1 unspecified atom stereocenters. The third-order valence-corrected chi connectivity index (χ3v) is 5.81. The Morgan fingerprint density at radius 3 is 2.79 bits per heavy atom. The average molecular weight is 404 g/mol. The molecule has 1 aliphatic rings. The van der Waals surface area contributed by atoms with Crippen LogP contribution in [-0.2, 0) is 6.42 Å². The van der Waals surface area contributed by atoms with E-state index in [1.54, 1.807) is 0 Å². The van der Waals surface area contributed by atoms with Gasteiger partial charge in [0.15, 0.2) is 4.77 Å². The Labute approximate surface area is 171 Å². The summed E-state index contributed by atoms with van der Waals surface area (Å²) in [6.07, 6.45) is 0.853. The first kappa shape index (κ1) is 17.9. The zero-order valence-electron chi connectivity index (χ0n) is 15.8. The van der Waals surface area contributed by atoms with Gasteiger partial charge >= 0.3 is 0 Å². The van der Waals surface area contributed by atoms with Gasteiger partial charge < -0.3 is 15.4 Å². The summed E-state index contributed by atoms with van der Waals surface area (Å²) < 4.78 is 1.67. The third-order valence-electron chi connectivity index (χ3n) is 5.53. The van der Waals surface area contributed by atoms with E-state index in [0.717, 1.165) is 28.6 Å². The summed E-state index contributed by atoms with van der Waals surface area (Å²) in [6.45, 7) is 2.68. The molecule has 7 heteroatoms. The lowest BCUT2D eigenvalue weighted by Crippen LogP contribution is -2.35. The number of aromatic amines is 2. The summed E-state index contributed by atoms with van der Waals surface area (Å²) in [4.78, 5) is 19.1. The Balaban J connectivity index is 1.75. The van der Waals surface area contributed by atoms with Gasteiger partial charge in [0, 0.05) is 23.1 Å². The van der Waals surface area contributed by atoms with Gasteiger partial charge in [0.1, 0.15) is 5.56 Å². The van der Waals surface area contributed by atoms with Gasteiger partial charge in [-0.3, -0.25) is 14.3 Å². The molecule has 0 saturated carbocycles. The van der Waals surface area contributed by atoms with Crippen LogP contribution in [-0.4, -0.2) is 26.2 Å². The normalized spacial score (nSPS) is 16.1. The van der Waals surface area contributed by atoms with Crippen LogP contribution in [0.15, 0.2) is 53.3 Å². The van der Waals surface area contributed by atoms with E-state index in [-0.39, 0.29) is 21.8 Å². The number of aromatic nitrogens is 3. The highest BCUT2D eigenvalue weighted by Gasteiger charge is 2.30. The maximum Gasteiger partial charge on any atom is 0.260 e.